The minimum atomic E-state index is -5.21. The lowest BCUT2D eigenvalue weighted by Crippen LogP contribution is -2.45. The summed E-state index contributed by atoms with van der Waals surface area (Å²) < 4.78 is 113. The van der Waals surface area contributed by atoms with Gasteiger partial charge >= 0.3 is 28.7 Å². The molecule has 0 heterocycles. The first-order valence-corrected chi connectivity index (χ1v) is 13.6. The van der Waals surface area contributed by atoms with E-state index in [4.69, 9.17) is 10.5 Å². The molecule has 2 amide bonds. The fourth-order valence-corrected chi connectivity index (χ4v) is 5.64. The predicted molar refractivity (Wildman–Crippen MR) is 131 cm³/mol. The Kier molecular flexibility index (Phi) is 9.72. The summed E-state index contributed by atoms with van der Waals surface area (Å²) in [5, 5.41) is 0. The van der Waals surface area contributed by atoms with Crippen molar-refractivity contribution in [3.8, 4) is 0 Å². The Bertz CT molecular complexity index is 1260. The molecule has 3 rings (SSSR count). The topological polar surface area (TPSA) is 119 Å². The van der Waals surface area contributed by atoms with Gasteiger partial charge in [-0.1, -0.05) is 30.3 Å². The number of hydrogen-bond donors (Lipinski definition) is 2. The quantitative estimate of drug-likeness (QED) is 0.391. The Balaban J connectivity index is 1.82. The van der Waals surface area contributed by atoms with Crippen molar-refractivity contribution in [2.24, 2.45) is 17.6 Å². The Morgan fingerprint density at radius 3 is 1.93 bits per heavy atom. The number of halogens is 6. The van der Waals surface area contributed by atoms with E-state index in [1.165, 1.54) is 0 Å². The van der Waals surface area contributed by atoms with Crippen LogP contribution in [0.25, 0.3) is 0 Å². The number of nitrogens with zero attached hydrogens (tertiary/aromatic N) is 1. The van der Waals surface area contributed by atoms with Crippen LogP contribution in [-0.2, 0) is 33.8 Å². The number of hydrogen-bond acceptors (Lipinski definition) is 5. The molecule has 0 radical (unpaired) electrons. The summed E-state index contributed by atoms with van der Waals surface area (Å²) in [6.45, 7) is -0.150. The smallest absolute Gasteiger partial charge is 0.416 e. The molecule has 0 unspecified atom stereocenters. The van der Waals surface area contributed by atoms with Gasteiger partial charge in [0.25, 0.3) is 5.91 Å². The fraction of sp³-hybridized carbons (Fsp3) is 0.440. The lowest BCUT2D eigenvalue weighted by atomic mass is 9.82. The van der Waals surface area contributed by atoms with Gasteiger partial charge in [0.2, 0.25) is 0 Å². The van der Waals surface area contributed by atoms with Crippen molar-refractivity contribution in [2.45, 2.75) is 44.6 Å². The van der Waals surface area contributed by atoms with Crippen molar-refractivity contribution in [1.29, 1.82) is 0 Å². The lowest BCUT2D eigenvalue weighted by molar-refractivity contribution is -0.143. The average molecular weight is 596 g/mol. The average Bonchev–Trinajstić information content (AvgIpc) is 2.87. The highest BCUT2D eigenvalue weighted by molar-refractivity contribution is 7.87. The summed E-state index contributed by atoms with van der Waals surface area (Å²) in [4.78, 5) is 23.6. The summed E-state index contributed by atoms with van der Waals surface area (Å²) in [5.74, 6) is -1.78. The summed E-state index contributed by atoms with van der Waals surface area (Å²) in [7, 11) is -4.71. The van der Waals surface area contributed by atoms with Crippen molar-refractivity contribution in [2.75, 3.05) is 13.2 Å². The third-order valence-corrected chi connectivity index (χ3v) is 7.90. The monoisotopic (exact) mass is 595 g/mol. The van der Waals surface area contributed by atoms with Gasteiger partial charge in [-0.25, -0.2) is 9.52 Å². The van der Waals surface area contributed by atoms with Crippen LogP contribution in [0, 0.1) is 11.8 Å². The minimum Gasteiger partial charge on any atom is -0.449 e. The third kappa shape index (κ3) is 8.84. The first-order chi connectivity index (χ1) is 18.5. The van der Waals surface area contributed by atoms with Crippen molar-refractivity contribution >= 4 is 22.2 Å². The molecule has 8 nitrogen and oxygen atoms in total. The van der Waals surface area contributed by atoms with Crippen molar-refractivity contribution < 1.29 is 49.1 Å². The van der Waals surface area contributed by atoms with E-state index in [0.717, 1.165) is 4.31 Å². The molecular formula is C25H27F6N3O5S. The summed E-state index contributed by atoms with van der Waals surface area (Å²) in [6.07, 6.45) is -9.02. The van der Waals surface area contributed by atoms with E-state index in [2.05, 4.69) is 0 Å². The molecule has 1 fully saturated rings. The van der Waals surface area contributed by atoms with E-state index in [1.54, 1.807) is 35.1 Å². The van der Waals surface area contributed by atoms with Crippen LogP contribution >= 0.6 is 0 Å². The van der Waals surface area contributed by atoms with Gasteiger partial charge in [-0.05, 0) is 61.3 Å². The molecule has 0 atom stereocenters. The molecule has 1 saturated carbocycles. The molecule has 15 heteroatoms. The van der Waals surface area contributed by atoms with Crippen molar-refractivity contribution in [3.63, 3.8) is 0 Å². The number of nitrogens with two attached hydrogens (primary N) is 1. The number of nitrogens with one attached hydrogen (secondary N) is 1. The van der Waals surface area contributed by atoms with Crippen LogP contribution < -0.4 is 10.5 Å². The van der Waals surface area contributed by atoms with Crippen LogP contribution in [0.4, 0.5) is 31.1 Å². The maximum absolute atomic E-state index is 13.3. The number of carbonyl (C=O) groups is 2. The highest BCUT2D eigenvalue weighted by atomic mass is 32.2. The first kappa shape index (κ1) is 31.2. The van der Waals surface area contributed by atoms with E-state index in [0.29, 0.717) is 31.2 Å². The molecule has 2 aromatic rings. The predicted octanol–water partition coefficient (Wildman–Crippen LogP) is 5.10. The zero-order valence-corrected chi connectivity index (χ0v) is 21.8. The Hall–Kier alpha value is -3.33. The molecular weight excluding hydrogens is 568 g/mol. The summed E-state index contributed by atoms with van der Waals surface area (Å²) in [6, 6.07) is 8.45. The number of primary amides is 1. The second-order valence-electron chi connectivity index (χ2n) is 9.53. The molecule has 0 spiro atoms. The maximum atomic E-state index is 13.3. The van der Waals surface area contributed by atoms with Gasteiger partial charge in [0.05, 0.1) is 17.7 Å². The molecule has 220 valence electrons. The van der Waals surface area contributed by atoms with E-state index < -0.39 is 51.3 Å². The number of rotatable bonds is 9. The molecule has 1 aliphatic carbocycles. The molecule has 1 aliphatic rings. The highest BCUT2D eigenvalue weighted by Crippen LogP contribution is 2.36. The van der Waals surface area contributed by atoms with E-state index in [1.807, 2.05) is 0 Å². The molecule has 0 aliphatic heterocycles. The van der Waals surface area contributed by atoms with Gasteiger partial charge in [-0.3, -0.25) is 4.79 Å². The second kappa shape index (κ2) is 12.5. The van der Waals surface area contributed by atoms with E-state index in [-0.39, 0.29) is 49.7 Å². The van der Waals surface area contributed by atoms with Gasteiger partial charge in [-0.2, -0.15) is 39.1 Å². The molecule has 2 aromatic carbocycles. The van der Waals surface area contributed by atoms with Gasteiger partial charge in [0.1, 0.15) is 0 Å². The normalized spacial score (nSPS) is 18.4. The van der Waals surface area contributed by atoms with Gasteiger partial charge in [0, 0.05) is 18.7 Å². The fourth-order valence-electron chi connectivity index (χ4n) is 4.43. The third-order valence-electron chi connectivity index (χ3n) is 6.50. The number of ether oxygens (including phenoxy) is 1. The van der Waals surface area contributed by atoms with Crippen LogP contribution in [-0.4, -0.2) is 37.9 Å². The Morgan fingerprint density at radius 1 is 0.900 bits per heavy atom. The van der Waals surface area contributed by atoms with Gasteiger partial charge in [-0.15, -0.1) is 0 Å². The summed E-state index contributed by atoms with van der Waals surface area (Å²) >= 11 is 0. The van der Waals surface area contributed by atoms with Crippen LogP contribution in [0.1, 0.15) is 52.7 Å². The lowest BCUT2D eigenvalue weighted by Gasteiger charge is -2.32. The van der Waals surface area contributed by atoms with Crippen molar-refractivity contribution in [1.82, 2.24) is 9.03 Å². The van der Waals surface area contributed by atoms with Crippen LogP contribution in [0.3, 0.4) is 0 Å². The van der Waals surface area contributed by atoms with Crippen LogP contribution in [0.2, 0.25) is 0 Å². The minimum absolute atomic E-state index is 0.0337. The first-order valence-electron chi connectivity index (χ1n) is 12.1. The molecule has 0 bridgehead atoms. The molecule has 0 saturated heterocycles. The van der Waals surface area contributed by atoms with Crippen molar-refractivity contribution in [3.05, 3.63) is 70.8 Å². The molecule has 3 N–H and O–H groups in total. The van der Waals surface area contributed by atoms with Crippen LogP contribution in [0.15, 0.2) is 48.5 Å². The zero-order valence-electron chi connectivity index (χ0n) is 21.0. The number of alkyl halides is 6. The molecule has 40 heavy (non-hydrogen) atoms. The Labute approximate surface area is 226 Å². The molecule has 0 aromatic heterocycles. The number of amides is 2. The standard InChI is InChI=1S/C25H27F6N3O5S/c26-24(27,28)20-10-19(11-21(12-20)25(29,30)31)22(35)33-40(37,38)34(13-16-4-2-1-3-5-16)14-17-6-8-18(9-7-17)15-39-23(32)36/h1-5,10-12,17-18H,6-9,13-15H2,(H2,32,36)(H,33,35). The largest absolute Gasteiger partial charge is 0.449 e. The van der Waals surface area contributed by atoms with E-state index >= 15 is 0 Å². The van der Waals surface area contributed by atoms with E-state index in [9.17, 15) is 44.3 Å². The number of benzene rings is 2. The van der Waals surface area contributed by atoms with Gasteiger partial charge < -0.3 is 10.5 Å². The highest BCUT2D eigenvalue weighted by Gasteiger charge is 2.38. The van der Waals surface area contributed by atoms with Crippen LogP contribution in [0.5, 0.6) is 0 Å². The summed E-state index contributed by atoms with van der Waals surface area (Å²) in [5.41, 5.74) is 0.923. The maximum Gasteiger partial charge on any atom is 0.416 e. The number of carbonyl (C=O) groups excluding carboxylic acids is 2. The SMILES string of the molecule is NC(=O)OCC1CCC(CN(Cc2ccccc2)S(=O)(=O)NC(=O)c2cc(C(F)(F)F)cc(C(F)(F)F)c2)CC1. The second-order valence-corrected chi connectivity index (χ2v) is 11.2. The van der Waals surface area contributed by atoms with Gasteiger partial charge in [0.15, 0.2) is 0 Å². The zero-order chi connectivity index (χ0) is 29.7. The Morgan fingerprint density at radius 2 is 1.43 bits per heavy atom.